The van der Waals surface area contributed by atoms with Crippen molar-refractivity contribution in [1.82, 2.24) is 0 Å². The predicted octanol–water partition coefficient (Wildman–Crippen LogP) is 3.20. The lowest BCUT2D eigenvalue weighted by atomic mass is 9.56. The molecule has 3 aliphatic rings. The van der Waals surface area contributed by atoms with Crippen molar-refractivity contribution in [2.24, 2.45) is 23.2 Å². The average Bonchev–Trinajstić information content (AvgIpc) is 2.73. The van der Waals surface area contributed by atoms with Gasteiger partial charge in [0.15, 0.2) is 6.54 Å². The molecule has 4 rings (SSSR count). The standard InChI is InChI=1S/C25H35NO3/c1-18-14-19(2)25(16-28-22(27)15-26-12-8-5-9-13-26)17-29-24(23(18)20(25)3)21-10-6-4-7-11-21/h4,6-7,10-11,14,19-20,23-24H,5,8-9,12-13,15-17H2,1-3H3/p+1/t19-,20-,23-,24-,25+/m1/s1. The number of likely N-dealkylation sites (tertiary alicyclic amines) is 1. The largest absolute Gasteiger partial charge is 0.461 e. The Morgan fingerprint density at radius 2 is 1.90 bits per heavy atom. The Bertz CT molecular complexity index is 740. The number of nitrogens with one attached hydrogen (secondary N) is 1. The molecule has 2 fully saturated rings. The summed E-state index contributed by atoms with van der Waals surface area (Å²) >= 11 is 0. The van der Waals surface area contributed by atoms with E-state index in [2.05, 4.69) is 57.2 Å². The van der Waals surface area contributed by atoms with Crippen LogP contribution in [0.25, 0.3) is 0 Å². The molecule has 0 radical (unpaired) electrons. The van der Waals surface area contributed by atoms with Crippen LogP contribution in [0.4, 0.5) is 0 Å². The highest BCUT2D eigenvalue weighted by molar-refractivity contribution is 5.70. The number of allylic oxidation sites excluding steroid dienone is 1. The Labute approximate surface area is 175 Å². The number of carbonyl (C=O) groups is 1. The van der Waals surface area contributed by atoms with Crippen LogP contribution in [-0.2, 0) is 14.3 Å². The van der Waals surface area contributed by atoms with Crippen molar-refractivity contribution in [3.8, 4) is 0 Å². The number of piperidine rings is 1. The average molecular weight is 399 g/mol. The molecule has 2 bridgehead atoms. The van der Waals surface area contributed by atoms with Gasteiger partial charge in [0.25, 0.3) is 0 Å². The van der Waals surface area contributed by atoms with Crippen LogP contribution in [0.2, 0.25) is 0 Å². The Hall–Kier alpha value is -1.65. The first kappa shape index (κ1) is 20.6. The summed E-state index contributed by atoms with van der Waals surface area (Å²) < 4.78 is 12.4. The molecule has 29 heavy (non-hydrogen) atoms. The molecule has 1 aromatic carbocycles. The van der Waals surface area contributed by atoms with E-state index < -0.39 is 0 Å². The molecule has 0 saturated carbocycles. The summed E-state index contributed by atoms with van der Waals surface area (Å²) in [7, 11) is 0. The zero-order valence-electron chi connectivity index (χ0n) is 18.2. The second-order valence-electron chi connectivity index (χ2n) is 9.54. The lowest BCUT2D eigenvalue weighted by Crippen LogP contribution is -3.13. The number of hydrogen-bond acceptors (Lipinski definition) is 3. The summed E-state index contributed by atoms with van der Waals surface area (Å²) in [6, 6.07) is 10.5. The zero-order valence-corrected chi connectivity index (χ0v) is 18.2. The van der Waals surface area contributed by atoms with Crippen molar-refractivity contribution in [2.45, 2.75) is 46.1 Å². The summed E-state index contributed by atoms with van der Waals surface area (Å²) in [5.41, 5.74) is 2.51. The first-order valence-electron chi connectivity index (χ1n) is 11.4. The highest BCUT2D eigenvalue weighted by atomic mass is 16.5. The molecule has 1 aromatic rings. The third-order valence-electron chi connectivity index (χ3n) is 7.83. The van der Waals surface area contributed by atoms with E-state index in [-0.39, 0.29) is 17.5 Å². The summed E-state index contributed by atoms with van der Waals surface area (Å²) in [6.07, 6.45) is 6.22. The maximum atomic E-state index is 12.6. The smallest absolute Gasteiger partial charge is 0.361 e. The van der Waals surface area contributed by atoms with Crippen LogP contribution in [0.3, 0.4) is 0 Å². The van der Waals surface area contributed by atoms with Crippen LogP contribution in [0.5, 0.6) is 0 Å². The van der Waals surface area contributed by atoms with Crippen LogP contribution >= 0.6 is 0 Å². The normalized spacial score (nSPS) is 35.1. The fourth-order valence-corrected chi connectivity index (χ4v) is 5.90. The highest BCUT2D eigenvalue weighted by Gasteiger charge is 2.54. The lowest BCUT2D eigenvalue weighted by Gasteiger charge is -2.55. The molecule has 2 heterocycles. The molecular formula is C25H36NO3+. The van der Waals surface area contributed by atoms with Gasteiger partial charge in [0.05, 0.1) is 25.8 Å². The van der Waals surface area contributed by atoms with Gasteiger partial charge in [0.1, 0.15) is 6.61 Å². The first-order chi connectivity index (χ1) is 14.0. The van der Waals surface area contributed by atoms with Gasteiger partial charge in [-0.1, -0.05) is 55.8 Å². The van der Waals surface area contributed by atoms with Gasteiger partial charge in [-0.05, 0) is 43.6 Å². The molecule has 0 amide bonds. The molecule has 5 atom stereocenters. The molecule has 0 spiro atoms. The maximum Gasteiger partial charge on any atom is 0.361 e. The van der Waals surface area contributed by atoms with Crippen LogP contribution in [0, 0.1) is 23.2 Å². The third-order valence-corrected chi connectivity index (χ3v) is 7.83. The van der Waals surface area contributed by atoms with E-state index >= 15 is 0 Å². The van der Waals surface area contributed by atoms with Crippen molar-refractivity contribution >= 4 is 5.97 Å². The number of ether oxygens (including phenoxy) is 2. The fourth-order valence-electron chi connectivity index (χ4n) is 5.90. The molecule has 0 unspecified atom stereocenters. The summed E-state index contributed by atoms with van der Waals surface area (Å²) in [5.74, 6) is 1.01. The van der Waals surface area contributed by atoms with Gasteiger partial charge in [-0.25, -0.2) is 4.79 Å². The maximum absolute atomic E-state index is 12.6. The minimum absolute atomic E-state index is 0.0521. The minimum atomic E-state index is -0.137. The van der Waals surface area contributed by atoms with Crippen molar-refractivity contribution in [1.29, 1.82) is 0 Å². The van der Waals surface area contributed by atoms with Crippen molar-refractivity contribution in [3.05, 3.63) is 47.5 Å². The van der Waals surface area contributed by atoms with E-state index in [1.165, 1.54) is 35.3 Å². The fraction of sp³-hybridized carbons (Fsp3) is 0.640. The van der Waals surface area contributed by atoms with Gasteiger partial charge in [0.2, 0.25) is 0 Å². The van der Waals surface area contributed by atoms with Gasteiger partial charge in [0, 0.05) is 11.3 Å². The highest BCUT2D eigenvalue weighted by Crippen LogP contribution is 2.56. The summed E-state index contributed by atoms with van der Waals surface area (Å²) in [5, 5.41) is 0. The van der Waals surface area contributed by atoms with Gasteiger partial charge in [-0.2, -0.15) is 0 Å². The van der Waals surface area contributed by atoms with Crippen LogP contribution in [-0.4, -0.2) is 38.8 Å². The van der Waals surface area contributed by atoms with E-state index in [1.807, 2.05) is 0 Å². The van der Waals surface area contributed by atoms with Crippen molar-refractivity contribution in [2.75, 3.05) is 32.8 Å². The molecular weight excluding hydrogens is 362 g/mol. The second-order valence-corrected chi connectivity index (χ2v) is 9.54. The first-order valence-corrected chi connectivity index (χ1v) is 11.4. The number of carbonyl (C=O) groups excluding carboxylic acids is 1. The Kier molecular flexibility index (Phi) is 6.12. The third kappa shape index (κ3) is 4.02. The Balaban J connectivity index is 1.47. The SMILES string of the molecule is CC1=C[C@@H](C)[C@]2(COC(=O)C[NH+]3CCCCC3)CO[C@H](c3ccccc3)[C@H]1[C@H]2C. The van der Waals surface area contributed by atoms with E-state index in [0.29, 0.717) is 37.5 Å². The quantitative estimate of drug-likeness (QED) is 0.612. The predicted molar refractivity (Wildman–Crippen MR) is 114 cm³/mol. The minimum Gasteiger partial charge on any atom is -0.461 e. The number of hydrogen-bond donors (Lipinski definition) is 1. The number of rotatable bonds is 5. The van der Waals surface area contributed by atoms with Crippen LogP contribution < -0.4 is 4.90 Å². The van der Waals surface area contributed by atoms with E-state index in [9.17, 15) is 4.79 Å². The number of benzene rings is 1. The molecule has 158 valence electrons. The van der Waals surface area contributed by atoms with Gasteiger partial charge < -0.3 is 14.4 Å². The molecule has 0 aromatic heterocycles. The molecule has 4 nitrogen and oxygen atoms in total. The van der Waals surface area contributed by atoms with Gasteiger partial charge in [-0.3, -0.25) is 0 Å². The zero-order chi connectivity index (χ0) is 20.4. The van der Waals surface area contributed by atoms with Crippen molar-refractivity contribution in [3.63, 3.8) is 0 Å². The van der Waals surface area contributed by atoms with E-state index in [0.717, 1.165) is 13.1 Å². The molecule has 2 saturated heterocycles. The molecule has 2 aliphatic heterocycles. The summed E-state index contributed by atoms with van der Waals surface area (Å²) in [6.45, 7) is 10.6. The van der Waals surface area contributed by atoms with Crippen molar-refractivity contribution < 1.29 is 19.2 Å². The number of quaternary nitrogens is 1. The Morgan fingerprint density at radius 3 is 2.62 bits per heavy atom. The van der Waals surface area contributed by atoms with E-state index in [1.54, 1.807) is 0 Å². The van der Waals surface area contributed by atoms with E-state index in [4.69, 9.17) is 9.47 Å². The monoisotopic (exact) mass is 398 g/mol. The van der Waals surface area contributed by atoms with Crippen LogP contribution in [0.1, 0.15) is 51.7 Å². The molecule has 4 heteroatoms. The molecule has 1 N–H and O–H groups in total. The number of esters is 1. The van der Waals surface area contributed by atoms with Gasteiger partial charge in [-0.15, -0.1) is 0 Å². The summed E-state index contributed by atoms with van der Waals surface area (Å²) in [4.78, 5) is 14.0. The van der Waals surface area contributed by atoms with Crippen LogP contribution in [0.15, 0.2) is 42.0 Å². The lowest BCUT2D eigenvalue weighted by molar-refractivity contribution is -0.897. The topological polar surface area (TPSA) is 40.0 Å². The Morgan fingerprint density at radius 1 is 1.17 bits per heavy atom. The molecule has 1 aliphatic carbocycles. The second kappa shape index (κ2) is 8.61. The van der Waals surface area contributed by atoms with Gasteiger partial charge >= 0.3 is 5.97 Å². The number of fused-ring (bicyclic) bond motifs is 2.